The van der Waals surface area contributed by atoms with E-state index in [1.54, 1.807) is 6.07 Å². The Balaban J connectivity index is 0.00000342. The molecule has 1 atom stereocenters. The molecule has 1 aromatic heterocycles. The zero-order chi connectivity index (χ0) is 24.0. The number of nitrogens with zero attached hydrogens (tertiary/aromatic N) is 1. The van der Waals surface area contributed by atoms with E-state index in [2.05, 4.69) is 10.3 Å². The van der Waals surface area contributed by atoms with Gasteiger partial charge in [0.2, 0.25) is 5.89 Å². The first kappa shape index (κ1) is 26.8. The van der Waals surface area contributed by atoms with Crippen molar-refractivity contribution in [1.29, 1.82) is 0 Å². The number of fused-ring (bicyclic) bond motifs is 1. The minimum atomic E-state index is -1.41. The van der Waals surface area contributed by atoms with Crippen LogP contribution >= 0.6 is 0 Å². The summed E-state index contributed by atoms with van der Waals surface area (Å²) in [6.07, 6.45) is 0.274. The third kappa shape index (κ3) is 7.32. The predicted octanol–water partition coefficient (Wildman–Crippen LogP) is 1.04. The number of carboxylic acid groups (broad SMARTS) is 1. The molecule has 0 aliphatic heterocycles. The summed E-state index contributed by atoms with van der Waals surface area (Å²) in [5, 5.41) is 14.6. The van der Waals surface area contributed by atoms with E-state index < -0.39 is 11.6 Å². The van der Waals surface area contributed by atoms with E-state index in [1.165, 1.54) is 13.8 Å². The number of hydrogen-bond acceptors (Lipinski definition) is 7. The topological polar surface area (TPSA) is 96.7 Å². The van der Waals surface area contributed by atoms with Crippen molar-refractivity contribution in [2.45, 2.75) is 38.5 Å². The van der Waals surface area contributed by atoms with Gasteiger partial charge in [-0.05, 0) is 62.4 Å². The molecule has 0 amide bonds. The zero-order valence-electron chi connectivity index (χ0n) is 20.2. The van der Waals surface area contributed by atoms with Gasteiger partial charge >= 0.3 is 29.6 Å². The molecule has 8 heteroatoms. The number of carboxylic acids is 1. The summed E-state index contributed by atoms with van der Waals surface area (Å²) in [5.74, 6) is 0.492. The number of oxazole rings is 1. The fourth-order valence-electron chi connectivity index (χ4n) is 3.45. The van der Waals surface area contributed by atoms with Gasteiger partial charge in [-0.3, -0.25) is 0 Å². The Labute approximate surface area is 226 Å². The Morgan fingerprint density at radius 1 is 1.03 bits per heavy atom. The van der Waals surface area contributed by atoms with Crippen LogP contribution < -0.4 is 49.5 Å². The van der Waals surface area contributed by atoms with Gasteiger partial charge in [0.05, 0.1) is 5.97 Å². The van der Waals surface area contributed by atoms with Crippen molar-refractivity contribution in [2.24, 2.45) is 0 Å². The van der Waals surface area contributed by atoms with Crippen molar-refractivity contribution in [3.05, 3.63) is 90.3 Å². The van der Waals surface area contributed by atoms with Crippen molar-refractivity contribution in [2.75, 3.05) is 6.54 Å². The van der Waals surface area contributed by atoms with Gasteiger partial charge in [0.25, 0.3) is 0 Å². The summed E-state index contributed by atoms with van der Waals surface area (Å²) in [7, 11) is 0. The van der Waals surface area contributed by atoms with Crippen molar-refractivity contribution in [3.8, 4) is 11.5 Å². The number of hydrogen-bond donors (Lipinski definition) is 1. The number of ether oxygens (including phenoxy) is 2. The second-order valence-corrected chi connectivity index (χ2v) is 8.45. The maximum absolute atomic E-state index is 11.2. The largest absolute Gasteiger partial charge is 1.00 e. The quantitative estimate of drug-likeness (QED) is 0.252. The summed E-state index contributed by atoms with van der Waals surface area (Å²) in [6, 6.07) is 24.6. The van der Waals surface area contributed by atoms with Gasteiger partial charge in [-0.25, -0.2) is 4.98 Å². The first-order chi connectivity index (χ1) is 16.4. The molecular formula is C27H27N2NaO5. The molecule has 0 saturated heterocycles. The van der Waals surface area contributed by atoms with E-state index in [4.69, 9.17) is 13.9 Å². The van der Waals surface area contributed by atoms with Gasteiger partial charge in [-0.2, -0.15) is 0 Å². The van der Waals surface area contributed by atoms with Crippen LogP contribution in [0.1, 0.15) is 37.8 Å². The molecule has 0 saturated carbocycles. The van der Waals surface area contributed by atoms with Gasteiger partial charge in [-0.15, -0.1) is 0 Å². The molecule has 3 aromatic carbocycles. The SMILES string of the molecule is CC(C)(Oc1cccc(CNCCC(Oc2ccccc2)c2nc3ccccc3o2)c1)C(=O)[O-].[Na+]. The van der Waals surface area contributed by atoms with Gasteiger partial charge < -0.3 is 29.1 Å². The van der Waals surface area contributed by atoms with Crippen LogP contribution in [0.15, 0.2) is 83.3 Å². The van der Waals surface area contributed by atoms with Crippen LogP contribution in [0, 0.1) is 0 Å². The van der Waals surface area contributed by atoms with E-state index in [9.17, 15) is 9.90 Å². The number of nitrogens with one attached hydrogen (secondary N) is 1. The van der Waals surface area contributed by atoms with Crippen LogP contribution in [0.25, 0.3) is 11.1 Å². The molecule has 35 heavy (non-hydrogen) atoms. The Morgan fingerprint density at radius 3 is 2.49 bits per heavy atom. The number of benzene rings is 3. The number of carbonyl (C=O) groups is 1. The van der Waals surface area contributed by atoms with Crippen molar-refractivity contribution >= 4 is 17.1 Å². The summed E-state index contributed by atoms with van der Waals surface area (Å²) >= 11 is 0. The molecule has 0 radical (unpaired) electrons. The van der Waals surface area contributed by atoms with Crippen LogP contribution in [0.5, 0.6) is 11.5 Å². The molecular weight excluding hydrogens is 455 g/mol. The second kappa shape index (κ2) is 12.2. The Morgan fingerprint density at radius 2 is 1.74 bits per heavy atom. The van der Waals surface area contributed by atoms with E-state index in [1.807, 2.05) is 72.8 Å². The molecule has 0 aliphatic carbocycles. The van der Waals surface area contributed by atoms with Crippen LogP contribution in [-0.2, 0) is 11.3 Å². The molecule has 0 fully saturated rings. The normalized spacial score (nSPS) is 12.1. The van der Waals surface area contributed by atoms with Crippen molar-refractivity contribution in [1.82, 2.24) is 10.3 Å². The molecule has 1 heterocycles. The summed E-state index contributed by atoms with van der Waals surface area (Å²) in [4.78, 5) is 15.8. The van der Waals surface area contributed by atoms with Crippen molar-refractivity contribution < 1.29 is 53.3 Å². The smallest absolute Gasteiger partial charge is 0.546 e. The Hall–Kier alpha value is -2.84. The standard InChI is InChI=1S/C27H28N2O5.Na/c1-27(2,26(30)31)34-21-12-8-9-19(17-21)18-28-16-15-24(32-20-10-4-3-5-11-20)25-29-22-13-6-7-14-23(22)33-25;/h3-14,17,24,28H,15-16,18H2,1-2H3,(H,30,31);/q;+1/p-1. The van der Waals surface area contributed by atoms with Gasteiger partial charge in [0.15, 0.2) is 11.7 Å². The van der Waals surface area contributed by atoms with Crippen LogP contribution in [-0.4, -0.2) is 23.1 Å². The number of aromatic nitrogens is 1. The molecule has 176 valence electrons. The minimum Gasteiger partial charge on any atom is -0.546 e. The van der Waals surface area contributed by atoms with Crippen LogP contribution in [0.4, 0.5) is 0 Å². The molecule has 1 N–H and O–H groups in total. The number of aliphatic carboxylic acids is 1. The zero-order valence-corrected chi connectivity index (χ0v) is 22.2. The molecule has 0 spiro atoms. The first-order valence-corrected chi connectivity index (χ1v) is 11.2. The fraction of sp³-hybridized carbons (Fsp3) is 0.259. The van der Waals surface area contributed by atoms with Crippen molar-refractivity contribution in [3.63, 3.8) is 0 Å². The third-order valence-corrected chi connectivity index (χ3v) is 5.28. The average molecular weight is 483 g/mol. The third-order valence-electron chi connectivity index (χ3n) is 5.28. The van der Waals surface area contributed by atoms with E-state index in [0.29, 0.717) is 31.2 Å². The molecule has 1 unspecified atom stereocenters. The predicted molar refractivity (Wildman–Crippen MR) is 126 cm³/mol. The molecule has 7 nitrogen and oxygen atoms in total. The maximum atomic E-state index is 11.2. The maximum Gasteiger partial charge on any atom is 1.00 e. The van der Waals surface area contributed by atoms with E-state index in [0.717, 1.165) is 22.4 Å². The van der Waals surface area contributed by atoms with E-state index in [-0.39, 0.29) is 35.7 Å². The van der Waals surface area contributed by atoms with Gasteiger partial charge in [0, 0.05) is 13.0 Å². The average Bonchev–Trinajstić information content (AvgIpc) is 3.26. The number of carbonyl (C=O) groups excluding carboxylic acids is 1. The molecule has 4 aromatic rings. The summed E-state index contributed by atoms with van der Waals surface area (Å²) < 4.78 is 17.7. The fourth-order valence-corrected chi connectivity index (χ4v) is 3.45. The van der Waals surface area contributed by atoms with Gasteiger partial charge in [-0.1, -0.05) is 42.5 Å². The van der Waals surface area contributed by atoms with Gasteiger partial charge in [0.1, 0.15) is 22.6 Å². The summed E-state index contributed by atoms with van der Waals surface area (Å²) in [6.45, 7) is 4.15. The van der Waals surface area contributed by atoms with Crippen LogP contribution in [0.3, 0.4) is 0 Å². The minimum absolute atomic E-state index is 0. The monoisotopic (exact) mass is 482 g/mol. The van der Waals surface area contributed by atoms with E-state index >= 15 is 0 Å². The second-order valence-electron chi connectivity index (χ2n) is 8.45. The molecule has 0 bridgehead atoms. The first-order valence-electron chi connectivity index (χ1n) is 11.2. The Kier molecular flexibility index (Phi) is 9.34. The number of rotatable bonds is 11. The van der Waals surface area contributed by atoms with Crippen LogP contribution in [0.2, 0.25) is 0 Å². The summed E-state index contributed by atoms with van der Waals surface area (Å²) in [5.41, 5.74) is 1.08. The molecule has 0 aliphatic rings. The Bertz CT molecular complexity index is 1210. The molecule has 4 rings (SSSR count). The number of para-hydroxylation sites is 3.